The van der Waals surface area contributed by atoms with E-state index in [1.807, 2.05) is 37.4 Å². The van der Waals surface area contributed by atoms with Gasteiger partial charge in [0.05, 0.1) is 0 Å². The lowest BCUT2D eigenvalue weighted by atomic mass is 9.92. The van der Waals surface area contributed by atoms with Gasteiger partial charge in [-0.25, -0.2) is 4.79 Å². The summed E-state index contributed by atoms with van der Waals surface area (Å²) in [7, 11) is 1.92. The third-order valence-electron chi connectivity index (χ3n) is 5.75. The first-order valence-corrected chi connectivity index (χ1v) is 11.4. The van der Waals surface area contributed by atoms with Gasteiger partial charge in [0.1, 0.15) is 18.1 Å². The number of benzene rings is 3. The smallest absolute Gasteiger partial charge is 0.341 e. The van der Waals surface area contributed by atoms with Crippen molar-refractivity contribution in [3.8, 4) is 22.6 Å². The molecule has 0 bridgehead atoms. The fraction of sp³-hybridized carbons (Fsp3) is 0.321. The van der Waals surface area contributed by atoms with Crippen molar-refractivity contribution in [1.29, 1.82) is 0 Å². The van der Waals surface area contributed by atoms with Gasteiger partial charge in [-0.05, 0) is 71.5 Å². The maximum atomic E-state index is 11.0. The molecule has 0 saturated heterocycles. The average molecular weight is 448 g/mol. The number of ether oxygens (including phenoxy) is 2. The van der Waals surface area contributed by atoms with Gasteiger partial charge in [-0.2, -0.15) is 0 Å². The molecule has 0 aromatic heterocycles. The van der Waals surface area contributed by atoms with Crippen molar-refractivity contribution in [3.05, 3.63) is 83.4 Å². The highest BCUT2D eigenvalue weighted by Crippen LogP contribution is 2.35. The lowest BCUT2D eigenvalue weighted by Crippen LogP contribution is -2.16. The average Bonchev–Trinajstić information content (AvgIpc) is 2.83. The highest BCUT2D eigenvalue weighted by molar-refractivity contribution is 5.70. The van der Waals surface area contributed by atoms with Crippen LogP contribution in [0, 0.1) is 0 Å². The second-order valence-corrected chi connectivity index (χ2v) is 8.18. The van der Waals surface area contributed by atoms with E-state index in [0.29, 0.717) is 24.7 Å². The highest BCUT2D eigenvalue weighted by Gasteiger charge is 2.14. The van der Waals surface area contributed by atoms with Crippen molar-refractivity contribution in [2.24, 2.45) is 0 Å². The molecular weight excluding hydrogens is 414 g/mol. The van der Waals surface area contributed by atoms with Crippen molar-refractivity contribution < 1.29 is 19.4 Å². The van der Waals surface area contributed by atoms with E-state index < -0.39 is 5.97 Å². The molecule has 0 amide bonds. The zero-order chi connectivity index (χ0) is 23.6. The maximum Gasteiger partial charge on any atom is 0.341 e. The Balaban J connectivity index is 1.96. The summed E-state index contributed by atoms with van der Waals surface area (Å²) >= 11 is 0. The van der Waals surface area contributed by atoms with Crippen molar-refractivity contribution in [1.82, 2.24) is 5.32 Å². The van der Waals surface area contributed by atoms with Gasteiger partial charge >= 0.3 is 5.97 Å². The summed E-state index contributed by atoms with van der Waals surface area (Å²) in [5.74, 6) is 0.904. The van der Waals surface area contributed by atoms with Crippen molar-refractivity contribution in [2.45, 2.75) is 32.6 Å². The SMILES string of the molecule is CCC(C)c1cc(-c2ccc(OCC(=O)O)c(Cc3ccccc3)c2)ccc1OCCNC. The minimum atomic E-state index is -0.989. The summed E-state index contributed by atoms with van der Waals surface area (Å²) in [6, 6.07) is 22.4. The number of hydrogen-bond donors (Lipinski definition) is 2. The van der Waals surface area contributed by atoms with Crippen LogP contribution < -0.4 is 14.8 Å². The van der Waals surface area contributed by atoms with E-state index in [4.69, 9.17) is 14.6 Å². The van der Waals surface area contributed by atoms with Crippen LogP contribution in [-0.4, -0.2) is 37.9 Å². The Bertz CT molecular complexity index is 1050. The van der Waals surface area contributed by atoms with Crippen LogP contribution in [0.3, 0.4) is 0 Å². The lowest BCUT2D eigenvalue weighted by molar-refractivity contribution is -0.139. The second-order valence-electron chi connectivity index (χ2n) is 8.18. The van der Waals surface area contributed by atoms with Crippen LogP contribution in [0.4, 0.5) is 0 Å². The summed E-state index contributed by atoms with van der Waals surface area (Å²) in [6.45, 7) is 5.45. The zero-order valence-corrected chi connectivity index (χ0v) is 19.6. The number of aliphatic carboxylic acids is 1. The highest BCUT2D eigenvalue weighted by atomic mass is 16.5. The fourth-order valence-corrected chi connectivity index (χ4v) is 3.72. The number of nitrogens with one attached hydrogen (secondary N) is 1. The third-order valence-corrected chi connectivity index (χ3v) is 5.75. The third kappa shape index (κ3) is 6.83. The Morgan fingerprint density at radius 3 is 2.33 bits per heavy atom. The van der Waals surface area contributed by atoms with Crippen LogP contribution in [0.5, 0.6) is 11.5 Å². The van der Waals surface area contributed by atoms with Gasteiger partial charge < -0.3 is 19.9 Å². The van der Waals surface area contributed by atoms with Crippen LogP contribution in [0.2, 0.25) is 0 Å². The number of rotatable bonds is 12. The van der Waals surface area contributed by atoms with Crippen molar-refractivity contribution >= 4 is 5.97 Å². The Kier molecular flexibility index (Phi) is 8.90. The van der Waals surface area contributed by atoms with Crippen LogP contribution >= 0.6 is 0 Å². The molecule has 3 aromatic rings. The number of carbonyl (C=O) groups is 1. The lowest BCUT2D eigenvalue weighted by Gasteiger charge is -2.18. The molecular formula is C28H33NO4. The summed E-state index contributed by atoms with van der Waals surface area (Å²) in [5.41, 5.74) is 5.46. The van der Waals surface area contributed by atoms with Gasteiger partial charge in [-0.1, -0.05) is 56.3 Å². The Hall–Kier alpha value is -3.31. The van der Waals surface area contributed by atoms with Crippen LogP contribution in [-0.2, 0) is 11.2 Å². The Labute approximate surface area is 196 Å². The summed E-state index contributed by atoms with van der Waals surface area (Å²) in [5, 5.41) is 12.2. The molecule has 0 heterocycles. The minimum absolute atomic E-state index is 0.363. The van der Waals surface area contributed by atoms with Crippen molar-refractivity contribution in [2.75, 3.05) is 26.8 Å². The Morgan fingerprint density at radius 1 is 0.970 bits per heavy atom. The predicted molar refractivity (Wildman–Crippen MR) is 132 cm³/mol. The monoisotopic (exact) mass is 447 g/mol. The molecule has 1 unspecified atom stereocenters. The predicted octanol–water partition coefficient (Wildman–Crippen LogP) is 5.52. The molecule has 0 saturated carbocycles. The fourth-order valence-electron chi connectivity index (χ4n) is 3.72. The van der Waals surface area contributed by atoms with E-state index in [9.17, 15) is 4.79 Å². The number of carboxylic acid groups (broad SMARTS) is 1. The number of hydrogen-bond acceptors (Lipinski definition) is 4. The molecule has 1 atom stereocenters. The molecule has 0 spiro atoms. The van der Waals surface area contributed by atoms with Gasteiger partial charge in [0.25, 0.3) is 0 Å². The van der Waals surface area contributed by atoms with E-state index >= 15 is 0 Å². The van der Waals surface area contributed by atoms with Gasteiger partial charge in [0.15, 0.2) is 6.61 Å². The molecule has 3 aromatic carbocycles. The largest absolute Gasteiger partial charge is 0.492 e. The van der Waals surface area contributed by atoms with Crippen LogP contribution in [0.1, 0.15) is 42.9 Å². The van der Waals surface area contributed by atoms with E-state index in [1.165, 1.54) is 5.56 Å². The quantitative estimate of drug-likeness (QED) is 0.358. The first-order valence-electron chi connectivity index (χ1n) is 11.4. The first-order chi connectivity index (χ1) is 16.0. The zero-order valence-electron chi connectivity index (χ0n) is 19.6. The molecule has 0 aliphatic rings. The summed E-state index contributed by atoms with van der Waals surface area (Å²) in [6.07, 6.45) is 1.68. The molecule has 0 aliphatic heterocycles. The summed E-state index contributed by atoms with van der Waals surface area (Å²) in [4.78, 5) is 11.0. The molecule has 2 N–H and O–H groups in total. The van der Waals surface area contributed by atoms with Gasteiger partial charge in [-0.15, -0.1) is 0 Å². The van der Waals surface area contributed by atoms with Gasteiger partial charge in [-0.3, -0.25) is 0 Å². The standard InChI is InChI=1S/C28H33NO4/c1-4-20(2)25-18-23(11-13-27(25)32-15-14-29-3)22-10-12-26(33-19-28(30)31)24(17-22)16-21-8-6-5-7-9-21/h5-13,17-18,20,29H,4,14-16,19H2,1-3H3,(H,30,31). The molecule has 174 valence electrons. The van der Waals surface area contributed by atoms with Crippen molar-refractivity contribution in [3.63, 3.8) is 0 Å². The first kappa shape index (κ1) is 24.3. The molecule has 3 rings (SSSR count). The normalized spacial score (nSPS) is 11.7. The van der Waals surface area contributed by atoms with E-state index in [1.54, 1.807) is 0 Å². The number of likely N-dealkylation sites (N-methyl/N-ethyl adjacent to an activating group) is 1. The minimum Gasteiger partial charge on any atom is -0.492 e. The van der Waals surface area contributed by atoms with E-state index in [-0.39, 0.29) is 6.61 Å². The molecule has 5 heteroatoms. The number of carboxylic acids is 1. The molecule has 0 radical (unpaired) electrons. The van der Waals surface area contributed by atoms with Gasteiger partial charge in [0, 0.05) is 13.0 Å². The molecule has 5 nitrogen and oxygen atoms in total. The topological polar surface area (TPSA) is 67.8 Å². The van der Waals surface area contributed by atoms with E-state index in [0.717, 1.165) is 41.0 Å². The Morgan fingerprint density at radius 2 is 1.67 bits per heavy atom. The molecule has 0 aliphatic carbocycles. The van der Waals surface area contributed by atoms with Crippen LogP contribution in [0.25, 0.3) is 11.1 Å². The second kappa shape index (κ2) is 12.1. The molecule has 33 heavy (non-hydrogen) atoms. The van der Waals surface area contributed by atoms with E-state index in [2.05, 4.69) is 55.6 Å². The molecule has 0 fully saturated rings. The summed E-state index contributed by atoms with van der Waals surface area (Å²) < 4.78 is 11.6. The van der Waals surface area contributed by atoms with Crippen LogP contribution in [0.15, 0.2) is 66.7 Å². The van der Waals surface area contributed by atoms with Gasteiger partial charge in [0.2, 0.25) is 0 Å². The maximum absolute atomic E-state index is 11.0.